The molecule has 0 aromatic carbocycles. The molecule has 9 nitrogen and oxygen atoms in total. The van der Waals surface area contributed by atoms with Crippen molar-refractivity contribution in [1.29, 1.82) is 0 Å². The van der Waals surface area contributed by atoms with E-state index in [1.165, 1.54) is 0 Å². The normalized spacial score (nSPS) is 20.1. The summed E-state index contributed by atoms with van der Waals surface area (Å²) < 4.78 is 5.27. The molecule has 144 valence electrons. The summed E-state index contributed by atoms with van der Waals surface area (Å²) in [5.41, 5.74) is 6.57. The van der Waals surface area contributed by atoms with Crippen LogP contribution in [0, 0.1) is 0 Å². The summed E-state index contributed by atoms with van der Waals surface area (Å²) in [4.78, 5) is 38.7. The van der Waals surface area contributed by atoms with Crippen LogP contribution in [0.25, 0.3) is 6.08 Å². The van der Waals surface area contributed by atoms with E-state index in [-0.39, 0.29) is 11.3 Å². The van der Waals surface area contributed by atoms with Gasteiger partial charge in [-0.15, -0.1) is 0 Å². The minimum atomic E-state index is -0.400. The lowest BCUT2D eigenvalue weighted by molar-refractivity contribution is -0.115. The van der Waals surface area contributed by atoms with Crippen LogP contribution in [0.5, 0.6) is 0 Å². The number of hydrogen-bond donors (Lipinski definition) is 2. The maximum atomic E-state index is 11.7. The van der Waals surface area contributed by atoms with Gasteiger partial charge in [-0.1, -0.05) is 0 Å². The van der Waals surface area contributed by atoms with Gasteiger partial charge in [-0.25, -0.2) is 9.97 Å². The van der Waals surface area contributed by atoms with Gasteiger partial charge in [0.25, 0.3) is 11.1 Å². The Labute approximate surface area is 165 Å². The van der Waals surface area contributed by atoms with Crippen molar-refractivity contribution in [3.63, 3.8) is 0 Å². The van der Waals surface area contributed by atoms with Crippen molar-refractivity contribution < 1.29 is 14.0 Å². The predicted molar refractivity (Wildman–Crippen MR) is 106 cm³/mol. The van der Waals surface area contributed by atoms with Crippen LogP contribution in [0.3, 0.4) is 0 Å². The zero-order valence-corrected chi connectivity index (χ0v) is 15.7. The third-order valence-corrected chi connectivity index (χ3v) is 5.24. The van der Waals surface area contributed by atoms with Crippen LogP contribution in [-0.2, 0) is 4.79 Å². The summed E-state index contributed by atoms with van der Waals surface area (Å²) >= 11 is 0.868. The minimum Gasteiger partial charge on any atom is -0.461 e. The molecule has 2 aliphatic heterocycles. The van der Waals surface area contributed by atoms with Crippen LogP contribution in [0.15, 0.2) is 45.0 Å². The highest BCUT2D eigenvalue weighted by Gasteiger charge is 2.25. The van der Waals surface area contributed by atoms with Crippen molar-refractivity contribution in [2.75, 3.05) is 18.0 Å². The van der Waals surface area contributed by atoms with Gasteiger partial charge in [0.1, 0.15) is 0 Å². The van der Waals surface area contributed by atoms with E-state index in [9.17, 15) is 9.59 Å². The fraction of sp³-hybridized carbons (Fsp3) is 0.278. The van der Waals surface area contributed by atoms with Gasteiger partial charge in [-0.3, -0.25) is 19.9 Å². The molecule has 2 aromatic heterocycles. The molecule has 28 heavy (non-hydrogen) atoms. The lowest BCUT2D eigenvalue weighted by Gasteiger charge is -2.30. The standard InChI is InChI=1S/C18H18N6O3S/c19-15(13-2-1-9-27-13)21-11-4-7-24(8-5-11)17-20-6-3-12(22-17)10-14-16(25)23-18(26)28-14/h1-3,6,9-11H,4-5,7-8H2,(H2,19,21)(H,23,25,26). The quantitative estimate of drug-likeness (QED) is 0.453. The molecule has 0 unspecified atom stereocenters. The topological polar surface area (TPSA) is 127 Å². The Morgan fingerprint density at radius 2 is 2.18 bits per heavy atom. The van der Waals surface area contributed by atoms with Crippen molar-refractivity contribution in [2.24, 2.45) is 10.7 Å². The van der Waals surface area contributed by atoms with Crippen LogP contribution in [0.1, 0.15) is 24.3 Å². The molecule has 0 aliphatic carbocycles. The summed E-state index contributed by atoms with van der Waals surface area (Å²) in [5, 5.41) is 1.86. The molecule has 0 bridgehead atoms. The highest BCUT2D eigenvalue weighted by molar-refractivity contribution is 8.18. The van der Waals surface area contributed by atoms with Gasteiger partial charge in [-0.05, 0) is 48.9 Å². The monoisotopic (exact) mass is 398 g/mol. The number of thioether (sulfide) groups is 1. The summed E-state index contributed by atoms with van der Waals surface area (Å²) in [6, 6.07) is 5.40. The molecule has 4 rings (SSSR count). The molecule has 3 N–H and O–H groups in total. The number of carbonyl (C=O) groups is 2. The number of aromatic nitrogens is 2. The zero-order valence-electron chi connectivity index (χ0n) is 14.9. The third-order valence-electron chi connectivity index (χ3n) is 4.43. The smallest absolute Gasteiger partial charge is 0.290 e. The largest absolute Gasteiger partial charge is 0.461 e. The number of imide groups is 1. The van der Waals surface area contributed by atoms with Crippen molar-refractivity contribution >= 4 is 40.8 Å². The number of amidine groups is 1. The second-order valence-corrected chi connectivity index (χ2v) is 7.36. The Morgan fingerprint density at radius 1 is 1.36 bits per heavy atom. The third kappa shape index (κ3) is 4.06. The number of hydrogen-bond acceptors (Lipinski definition) is 8. The Kier molecular flexibility index (Phi) is 5.11. The molecule has 2 aliphatic rings. The van der Waals surface area contributed by atoms with Gasteiger partial charge in [0.05, 0.1) is 22.9 Å². The van der Waals surface area contributed by atoms with Crippen LogP contribution in [-0.4, -0.2) is 46.1 Å². The second kappa shape index (κ2) is 7.85. The average Bonchev–Trinajstić information content (AvgIpc) is 3.33. The van der Waals surface area contributed by atoms with Crippen LogP contribution in [0.2, 0.25) is 0 Å². The highest BCUT2D eigenvalue weighted by atomic mass is 32.2. The van der Waals surface area contributed by atoms with Crippen LogP contribution in [0.4, 0.5) is 10.7 Å². The molecule has 2 fully saturated rings. The molecular formula is C18H18N6O3S. The molecule has 0 saturated carbocycles. The van der Waals surface area contributed by atoms with Gasteiger partial charge in [0.2, 0.25) is 5.95 Å². The maximum absolute atomic E-state index is 11.7. The first-order valence-electron chi connectivity index (χ1n) is 8.78. The van der Waals surface area contributed by atoms with Crippen molar-refractivity contribution in [3.8, 4) is 0 Å². The number of carbonyl (C=O) groups excluding carboxylic acids is 2. The summed E-state index contributed by atoms with van der Waals surface area (Å²) in [6.45, 7) is 1.49. The van der Waals surface area contributed by atoms with Crippen molar-refractivity contribution in [3.05, 3.63) is 47.0 Å². The van der Waals surface area contributed by atoms with E-state index in [0.717, 1.165) is 37.7 Å². The Hall–Kier alpha value is -3.14. The molecule has 2 aromatic rings. The number of rotatable bonds is 4. The Balaban J connectivity index is 1.41. The maximum Gasteiger partial charge on any atom is 0.290 e. The Morgan fingerprint density at radius 3 is 2.86 bits per heavy atom. The first-order chi connectivity index (χ1) is 13.6. The van der Waals surface area contributed by atoms with E-state index in [1.807, 2.05) is 0 Å². The highest BCUT2D eigenvalue weighted by Crippen LogP contribution is 2.25. The lowest BCUT2D eigenvalue weighted by Crippen LogP contribution is -2.37. The second-order valence-electron chi connectivity index (χ2n) is 6.34. The molecule has 2 saturated heterocycles. The molecule has 0 spiro atoms. The number of nitrogens with two attached hydrogens (primary N) is 1. The molecule has 4 heterocycles. The molecule has 0 atom stereocenters. The minimum absolute atomic E-state index is 0.122. The number of piperidine rings is 1. The molecule has 10 heteroatoms. The Bertz CT molecular complexity index is 948. The number of nitrogens with zero attached hydrogens (tertiary/aromatic N) is 4. The van der Waals surface area contributed by atoms with Gasteiger partial charge in [0.15, 0.2) is 11.6 Å². The zero-order chi connectivity index (χ0) is 19.5. The fourth-order valence-corrected chi connectivity index (χ4v) is 3.70. The number of nitrogens with one attached hydrogen (secondary N) is 1. The van der Waals surface area contributed by atoms with Gasteiger partial charge in [-0.2, -0.15) is 0 Å². The predicted octanol–water partition coefficient (Wildman–Crippen LogP) is 1.77. The SMILES string of the molecule is NC(=NC1CCN(c2nccc(C=C3SC(=O)NC3=O)n2)CC1)c1ccco1. The average molecular weight is 398 g/mol. The van der Waals surface area contributed by atoms with E-state index in [1.54, 1.807) is 36.7 Å². The van der Waals surface area contributed by atoms with Crippen molar-refractivity contribution in [1.82, 2.24) is 15.3 Å². The molecule has 2 amide bonds. The first kappa shape index (κ1) is 18.2. The van der Waals surface area contributed by atoms with E-state index in [2.05, 4.69) is 25.2 Å². The lowest BCUT2D eigenvalue weighted by atomic mass is 10.1. The number of anilines is 1. The van der Waals surface area contributed by atoms with Crippen molar-refractivity contribution in [2.45, 2.75) is 18.9 Å². The summed E-state index contributed by atoms with van der Waals surface area (Å²) in [7, 11) is 0. The van der Waals surface area contributed by atoms with Crippen LogP contribution >= 0.6 is 11.8 Å². The van der Waals surface area contributed by atoms with Gasteiger partial charge >= 0.3 is 0 Å². The number of furan rings is 1. The summed E-state index contributed by atoms with van der Waals surface area (Å²) in [6.07, 6.45) is 6.46. The molecular weight excluding hydrogens is 380 g/mol. The number of amides is 2. The van der Waals surface area contributed by atoms with E-state index in [0.29, 0.717) is 28.1 Å². The number of aliphatic imine (C=N–C) groups is 1. The molecule has 0 radical (unpaired) electrons. The first-order valence-corrected chi connectivity index (χ1v) is 9.60. The van der Waals surface area contributed by atoms with E-state index >= 15 is 0 Å². The van der Waals surface area contributed by atoms with E-state index in [4.69, 9.17) is 10.2 Å². The van der Waals surface area contributed by atoms with Gasteiger partial charge < -0.3 is 15.1 Å². The van der Waals surface area contributed by atoms with Crippen LogP contribution < -0.4 is 16.0 Å². The summed E-state index contributed by atoms with van der Waals surface area (Å²) in [5.74, 6) is 1.18. The van der Waals surface area contributed by atoms with Gasteiger partial charge in [0, 0.05) is 19.3 Å². The van der Waals surface area contributed by atoms with E-state index < -0.39 is 5.91 Å². The fourth-order valence-electron chi connectivity index (χ4n) is 3.03.